The third-order valence-corrected chi connectivity index (χ3v) is 2.71. The smallest absolute Gasteiger partial charge is 0.310 e. The maximum Gasteiger partial charge on any atom is 0.310 e. The van der Waals surface area contributed by atoms with Crippen LogP contribution in [0.25, 0.3) is 11.3 Å². The van der Waals surface area contributed by atoms with Crippen LogP contribution >= 0.6 is 11.6 Å². The molecule has 5 heteroatoms. The van der Waals surface area contributed by atoms with Gasteiger partial charge in [0.2, 0.25) is 5.28 Å². The van der Waals surface area contributed by atoms with Crippen molar-refractivity contribution in [2.75, 3.05) is 6.61 Å². The molecule has 0 aliphatic rings. The molecule has 0 radical (unpaired) electrons. The van der Waals surface area contributed by atoms with Crippen molar-refractivity contribution in [1.82, 2.24) is 9.97 Å². The topological polar surface area (TPSA) is 52.1 Å². The van der Waals surface area contributed by atoms with E-state index in [4.69, 9.17) is 16.3 Å². The Labute approximate surface area is 116 Å². The average molecular weight is 277 g/mol. The van der Waals surface area contributed by atoms with E-state index >= 15 is 0 Å². The maximum absolute atomic E-state index is 11.4. The summed E-state index contributed by atoms with van der Waals surface area (Å²) in [6.07, 6.45) is 1.88. The summed E-state index contributed by atoms with van der Waals surface area (Å²) >= 11 is 5.75. The Kier molecular flexibility index (Phi) is 4.47. The summed E-state index contributed by atoms with van der Waals surface area (Å²) in [4.78, 5) is 19.3. The average Bonchev–Trinajstić information content (AvgIpc) is 2.40. The van der Waals surface area contributed by atoms with Gasteiger partial charge in [0.15, 0.2) is 0 Å². The van der Waals surface area contributed by atoms with E-state index in [2.05, 4.69) is 9.97 Å². The second kappa shape index (κ2) is 6.29. The largest absolute Gasteiger partial charge is 0.466 e. The molecule has 0 N–H and O–H groups in total. The summed E-state index contributed by atoms with van der Waals surface area (Å²) in [5.74, 6) is -0.222. The minimum absolute atomic E-state index is 0.216. The summed E-state index contributed by atoms with van der Waals surface area (Å²) < 4.78 is 4.90. The Hall–Kier alpha value is -1.94. The number of hydrogen-bond donors (Lipinski definition) is 0. The van der Waals surface area contributed by atoms with Gasteiger partial charge in [-0.05, 0) is 30.2 Å². The first-order valence-electron chi connectivity index (χ1n) is 5.92. The highest BCUT2D eigenvalue weighted by molar-refractivity contribution is 6.28. The van der Waals surface area contributed by atoms with E-state index in [1.165, 1.54) is 0 Å². The summed E-state index contributed by atoms with van der Waals surface area (Å²) in [6, 6.07) is 9.33. The summed E-state index contributed by atoms with van der Waals surface area (Å²) in [6.45, 7) is 2.19. The zero-order valence-electron chi connectivity index (χ0n) is 10.5. The van der Waals surface area contributed by atoms with Crippen LogP contribution in [-0.2, 0) is 16.0 Å². The molecule has 2 rings (SSSR count). The second-order valence-corrected chi connectivity index (χ2v) is 4.23. The third kappa shape index (κ3) is 3.76. The van der Waals surface area contributed by atoms with Crippen LogP contribution in [0.1, 0.15) is 12.5 Å². The van der Waals surface area contributed by atoms with E-state index in [-0.39, 0.29) is 17.7 Å². The molecular formula is C14H13ClN2O2. The first kappa shape index (κ1) is 13.5. The second-order valence-electron chi connectivity index (χ2n) is 3.89. The minimum atomic E-state index is -0.222. The Bertz CT molecular complexity index is 570. The van der Waals surface area contributed by atoms with Gasteiger partial charge < -0.3 is 4.74 Å². The number of nitrogens with zero attached hydrogens (tertiary/aromatic N) is 2. The zero-order chi connectivity index (χ0) is 13.7. The number of halogens is 1. The third-order valence-electron chi connectivity index (χ3n) is 2.53. The van der Waals surface area contributed by atoms with Gasteiger partial charge in [0.05, 0.1) is 18.7 Å². The molecule has 0 spiro atoms. The highest BCUT2D eigenvalue weighted by Gasteiger charge is 2.05. The normalized spacial score (nSPS) is 10.2. The fraction of sp³-hybridized carbons (Fsp3) is 0.214. The maximum atomic E-state index is 11.4. The Morgan fingerprint density at radius 1 is 1.26 bits per heavy atom. The zero-order valence-corrected chi connectivity index (χ0v) is 11.2. The molecule has 19 heavy (non-hydrogen) atoms. The summed E-state index contributed by atoms with van der Waals surface area (Å²) in [7, 11) is 0. The molecule has 0 aliphatic heterocycles. The number of esters is 1. The standard InChI is InChI=1S/C14H13ClN2O2/c1-2-19-13(18)9-10-3-5-11(6-4-10)12-7-8-16-14(15)17-12/h3-8H,2,9H2,1H3. The molecule has 0 fully saturated rings. The van der Waals surface area contributed by atoms with E-state index in [0.717, 1.165) is 16.8 Å². The number of carbonyl (C=O) groups is 1. The molecule has 0 saturated heterocycles. The lowest BCUT2D eigenvalue weighted by Gasteiger charge is -2.04. The van der Waals surface area contributed by atoms with Crippen molar-refractivity contribution in [2.45, 2.75) is 13.3 Å². The van der Waals surface area contributed by atoms with Crippen LogP contribution in [0.2, 0.25) is 5.28 Å². The van der Waals surface area contributed by atoms with Crippen molar-refractivity contribution in [3.8, 4) is 11.3 Å². The Morgan fingerprint density at radius 2 is 2.00 bits per heavy atom. The monoisotopic (exact) mass is 276 g/mol. The predicted molar refractivity (Wildman–Crippen MR) is 72.8 cm³/mol. The van der Waals surface area contributed by atoms with E-state index in [9.17, 15) is 4.79 Å². The molecule has 0 unspecified atom stereocenters. The quantitative estimate of drug-likeness (QED) is 0.636. The van der Waals surface area contributed by atoms with Crippen LogP contribution in [0, 0.1) is 0 Å². The summed E-state index contributed by atoms with van der Waals surface area (Å²) in [5.41, 5.74) is 2.59. The number of rotatable bonds is 4. The highest BCUT2D eigenvalue weighted by atomic mass is 35.5. The van der Waals surface area contributed by atoms with Gasteiger partial charge in [-0.3, -0.25) is 4.79 Å². The van der Waals surface area contributed by atoms with Gasteiger partial charge in [-0.2, -0.15) is 0 Å². The molecule has 0 atom stereocenters. The van der Waals surface area contributed by atoms with Crippen molar-refractivity contribution >= 4 is 17.6 Å². The van der Waals surface area contributed by atoms with Crippen molar-refractivity contribution in [3.63, 3.8) is 0 Å². The number of ether oxygens (including phenoxy) is 1. The van der Waals surface area contributed by atoms with Gasteiger partial charge in [0.25, 0.3) is 0 Å². The molecule has 2 aromatic rings. The van der Waals surface area contributed by atoms with Gasteiger partial charge in [-0.15, -0.1) is 0 Å². The highest BCUT2D eigenvalue weighted by Crippen LogP contribution is 2.18. The van der Waals surface area contributed by atoms with Crippen molar-refractivity contribution in [3.05, 3.63) is 47.4 Å². The van der Waals surface area contributed by atoms with Gasteiger partial charge in [-0.25, -0.2) is 9.97 Å². The van der Waals surface area contributed by atoms with Crippen LogP contribution in [0.4, 0.5) is 0 Å². The van der Waals surface area contributed by atoms with Gasteiger partial charge in [-0.1, -0.05) is 24.3 Å². The van der Waals surface area contributed by atoms with Crippen LogP contribution < -0.4 is 0 Å². The molecule has 1 aromatic carbocycles. The van der Waals surface area contributed by atoms with Crippen LogP contribution in [0.15, 0.2) is 36.5 Å². The van der Waals surface area contributed by atoms with Gasteiger partial charge in [0.1, 0.15) is 0 Å². The van der Waals surface area contributed by atoms with Crippen molar-refractivity contribution in [2.24, 2.45) is 0 Å². The molecule has 0 saturated carbocycles. The fourth-order valence-electron chi connectivity index (χ4n) is 1.67. The first-order valence-corrected chi connectivity index (χ1v) is 6.30. The SMILES string of the molecule is CCOC(=O)Cc1ccc(-c2ccnc(Cl)n2)cc1. The Balaban J connectivity index is 2.12. The predicted octanol–water partition coefficient (Wildman–Crippen LogP) is 2.90. The molecule has 1 aromatic heterocycles. The molecule has 4 nitrogen and oxygen atoms in total. The molecule has 1 heterocycles. The molecule has 0 bridgehead atoms. The van der Waals surface area contributed by atoms with Crippen LogP contribution in [0.5, 0.6) is 0 Å². The molecular weight excluding hydrogens is 264 g/mol. The Morgan fingerprint density at radius 3 is 2.63 bits per heavy atom. The first-order chi connectivity index (χ1) is 9.19. The van der Waals surface area contributed by atoms with Crippen LogP contribution in [0.3, 0.4) is 0 Å². The lowest BCUT2D eigenvalue weighted by Crippen LogP contribution is -2.07. The van der Waals surface area contributed by atoms with Crippen molar-refractivity contribution < 1.29 is 9.53 Å². The number of carbonyl (C=O) groups excluding carboxylic acids is 1. The fourth-order valence-corrected chi connectivity index (χ4v) is 1.82. The van der Waals surface area contributed by atoms with E-state index in [0.29, 0.717) is 6.61 Å². The number of aromatic nitrogens is 2. The van der Waals surface area contributed by atoms with Crippen LogP contribution in [-0.4, -0.2) is 22.5 Å². The lowest BCUT2D eigenvalue weighted by molar-refractivity contribution is -0.142. The number of hydrogen-bond acceptors (Lipinski definition) is 4. The van der Waals surface area contributed by atoms with Gasteiger partial charge in [0, 0.05) is 11.8 Å². The minimum Gasteiger partial charge on any atom is -0.466 e. The van der Waals surface area contributed by atoms with Crippen molar-refractivity contribution in [1.29, 1.82) is 0 Å². The van der Waals surface area contributed by atoms with Gasteiger partial charge >= 0.3 is 5.97 Å². The van der Waals surface area contributed by atoms with E-state index in [1.807, 2.05) is 24.3 Å². The molecule has 98 valence electrons. The molecule has 0 amide bonds. The summed E-state index contributed by atoms with van der Waals surface area (Å²) in [5, 5.41) is 0.216. The lowest BCUT2D eigenvalue weighted by atomic mass is 10.1. The van der Waals surface area contributed by atoms with E-state index < -0.39 is 0 Å². The van der Waals surface area contributed by atoms with E-state index in [1.54, 1.807) is 19.2 Å². The molecule has 0 aliphatic carbocycles. The number of benzene rings is 1.